The SMILES string of the molecule is CC.COC(=O)c1ccc(N)cc1C. The predicted molar refractivity (Wildman–Crippen MR) is 58.3 cm³/mol. The summed E-state index contributed by atoms with van der Waals surface area (Å²) in [5.41, 5.74) is 7.57. The van der Waals surface area contributed by atoms with Crippen LogP contribution < -0.4 is 5.73 Å². The van der Waals surface area contributed by atoms with Crippen LogP contribution in [-0.2, 0) is 4.74 Å². The monoisotopic (exact) mass is 195 g/mol. The topological polar surface area (TPSA) is 52.3 Å². The lowest BCUT2D eigenvalue weighted by Crippen LogP contribution is -2.03. The molecule has 0 radical (unpaired) electrons. The van der Waals surface area contributed by atoms with Crippen molar-refractivity contribution in [3.63, 3.8) is 0 Å². The molecular weight excluding hydrogens is 178 g/mol. The summed E-state index contributed by atoms with van der Waals surface area (Å²) in [4.78, 5) is 11.1. The molecule has 1 rings (SSSR count). The van der Waals surface area contributed by atoms with E-state index < -0.39 is 0 Å². The highest BCUT2D eigenvalue weighted by atomic mass is 16.5. The molecule has 0 aliphatic heterocycles. The van der Waals surface area contributed by atoms with Crippen molar-refractivity contribution >= 4 is 11.7 Å². The minimum absolute atomic E-state index is 0.326. The highest BCUT2D eigenvalue weighted by Gasteiger charge is 2.07. The number of hydrogen-bond acceptors (Lipinski definition) is 3. The van der Waals surface area contributed by atoms with Gasteiger partial charge in [-0.15, -0.1) is 0 Å². The number of nitrogens with two attached hydrogens (primary N) is 1. The minimum Gasteiger partial charge on any atom is -0.465 e. The summed E-state index contributed by atoms with van der Waals surface area (Å²) in [6.45, 7) is 5.82. The number of ether oxygens (including phenoxy) is 1. The summed E-state index contributed by atoms with van der Waals surface area (Å²) in [6.07, 6.45) is 0. The Morgan fingerprint density at radius 2 is 1.93 bits per heavy atom. The first-order valence-electron chi connectivity index (χ1n) is 4.59. The average molecular weight is 195 g/mol. The van der Waals surface area contributed by atoms with Crippen molar-refractivity contribution in [3.05, 3.63) is 29.3 Å². The van der Waals surface area contributed by atoms with E-state index in [1.54, 1.807) is 18.2 Å². The maximum atomic E-state index is 11.1. The van der Waals surface area contributed by atoms with Crippen molar-refractivity contribution in [1.29, 1.82) is 0 Å². The van der Waals surface area contributed by atoms with Crippen molar-refractivity contribution in [2.45, 2.75) is 20.8 Å². The zero-order valence-electron chi connectivity index (χ0n) is 9.13. The third-order valence-electron chi connectivity index (χ3n) is 1.66. The molecule has 3 heteroatoms. The van der Waals surface area contributed by atoms with Gasteiger partial charge in [0.15, 0.2) is 0 Å². The Bertz CT molecular complexity index is 308. The molecule has 3 nitrogen and oxygen atoms in total. The van der Waals surface area contributed by atoms with Crippen LogP contribution in [0.3, 0.4) is 0 Å². The predicted octanol–water partition coefficient (Wildman–Crippen LogP) is 2.39. The van der Waals surface area contributed by atoms with Crippen molar-refractivity contribution in [3.8, 4) is 0 Å². The Morgan fingerprint density at radius 3 is 2.36 bits per heavy atom. The van der Waals surface area contributed by atoms with Gasteiger partial charge in [-0.2, -0.15) is 0 Å². The number of esters is 1. The largest absolute Gasteiger partial charge is 0.465 e. The molecule has 0 heterocycles. The van der Waals surface area contributed by atoms with Crippen LogP contribution >= 0.6 is 0 Å². The number of methoxy groups -OCH3 is 1. The quantitative estimate of drug-likeness (QED) is 0.553. The van der Waals surface area contributed by atoms with Crippen LogP contribution in [0.1, 0.15) is 29.8 Å². The van der Waals surface area contributed by atoms with Gasteiger partial charge in [-0.1, -0.05) is 13.8 Å². The number of aryl methyl sites for hydroxylation is 1. The molecule has 78 valence electrons. The van der Waals surface area contributed by atoms with Gasteiger partial charge in [-0.05, 0) is 30.7 Å². The molecule has 0 amide bonds. The van der Waals surface area contributed by atoms with Crippen molar-refractivity contribution < 1.29 is 9.53 Å². The molecular formula is C11H17NO2. The lowest BCUT2D eigenvalue weighted by atomic mass is 10.1. The summed E-state index contributed by atoms with van der Waals surface area (Å²) in [6, 6.07) is 5.09. The standard InChI is InChI=1S/C9H11NO2.C2H6/c1-6-5-7(10)3-4-8(6)9(11)12-2;1-2/h3-5H,10H2,1-2H3;1-2H3. The summed E-state index contributed by atoms with van der Waals surface area (Å²) < 4.78 is 4.58. The van der Waals surface area contributed by atoms with E-state index in [2.05, 4.69) is 4.74 Å². The van der Waals surface area contributed by atoms with Gasteiger partial charge in [-0.25, -0.2) is 4.79 Å². The molecule has 2 N–H and O–H groups in total. The summed E-state index contributed by atoms with van der Waals surface area (Å²) >= 11 is 0. The fourth-order valence-electron chi connectivity index (χ4n) is 1.03. The molecule has 0 atom stereocenters. The normalized spacial score (nSPS) is 8.57. The molecule has 1 aromatic carbocycles. The highest BCUT2D eigenvalue weighted by Crippen LogP contribution is 2.12. The van der Waals surface area contributed by atoms with Crippen LogP contribution in [0.5, 0.6) is 0 Å². The average Bonchev–Trinajstić information content (AvgIpc) is 2.20. The minimum atomic E-state index is -0.326. The fraction of sp³-hybridized carbons (Fsp3) is 0.364. The Morgan fingerprint density at radius 1 is 1.36 bits per heavy atom. The van der Waals surface area contributed by atoms with Crippen LogP contribution in [0, 0.1) is 6.92 Å². The molecule has 0 spiro atoms. The molecule has 0 fully saturated rings. The third-order valence-corrected chi connectivity index (χ3v) is 1.66. The van der Waals surface area contributed by atoms with Crippen LogP contribution in [0.25, 0.3) is 0 Å². The molecule has 0 aliphatic rings. The van der Waals surface area contributed by atoms with Gasteiger partial charge < -0.3 is 10.5 Å². The lowest BCUT2D eigenvalue weighted by molar-refractivity contribution is 0.0600. The second kappa shape index (κ2) is 6.02. The van der Waals surface area contributed by atoms with Gasteiger partial charge in [-0.3, -0.25) is 0 Å². The van der Waals surface area contributed by atoms with Gasteiger partial charge in [0.25, 0.3) is 0 Å². The molecule has 0 aliphatic carbocycles. The first-order valence-corrected chi connectivity index (χ1v) is 4.59. The zero-order valence-corrected chi connectivity index (χ0v) is 9.13. The van der Waals surface area contributed by atoms with Gasteiger partial charge in [0.2, 0.25) is 0 Å². The molecule has 0 saturated heterocycles. The van der Waals surface area contributed by atoms with Crippen LogP contribution in [0.15, 0.2) is 18.2 Å². The number of anilines is 1. The number of rotatable bonds is 1. The highest BCUT2D eigenvalue weighted by molar-refractivity contribution is 5.91. The van der Waals surface area contributed by atoms with Gasteiger partial charge in [0.1, 0.15) is 0 Å². The maximum absolute atomic E-state index is 11.1. The second-order valence-electron chi connectivity index (χ2n) is 2.57. The van der Waals surface area contributed by atoms with Crippen molar-refractivity contribution in [2.75, 3.05) is 12.8 Å². The number of hydrogen-bond donors (Lipinski definition) is 1. The number of benzene rings is 1. The number of carbonyl (C=O) groups excluding carboxylic acids is 1. The molecule has 0 unspecified atom stereocenters. The van der Waals surface area contributed by atoms with E-state index >= 15 is 0 Å². The fourth-order valence-corrected chi connectivity index (χ4v) is 1.03. The number of carbonyl (C=O) groups is 1. The van der Waals surface area contributed by atoms with E-state index in [-0.39, 0.29) is 5.97 Å². The van der Waals surface area contributed by atoms with E-state index in [1.807, 2.05) is 20.8 Å². The lowest BCUT2D eigenvalue weighted by Gasteiger charge is -2.03. The second-order valence-corrected chi connectivity index (χ2v) is 2.57. The van der Waals surface area contributed by atoms with E-state index in [0.717, 1.165) is 5.56 Å². The Kier molecular flexibility index (Phi) is 5.37. The smallest absolute Gasteiger partial charge is 0.338 e. The Hall–Kier alpha value is -1.51. The third kappa shape index (κ3) is 3.09. The number of nitrogen functional groups attached to an aromatic ring is 1. The Labute approximate surface area is 84.9 Å². The summed E-state index contributed by atoms with van der Waals surface area (Å²) in [5.74, 6) is -0.326. The van der Waals surface area contributed by atoms with Crippen molar-refractivity contribution in [1.82, 2.24) is 0 Å². The first kappa shape index (κ1) is 12.5. The van der Waals surface area contributed by atoms with E-state index in [9.17, 15) is 4.79 Å². The molecule has 1 aromatic rings. The van der Waals surface area contributed by atoms with Gasteiger partial charge in [0.05, 0.1) is 12.7 Å². The summed E-state index contributed by atoms with van der Waals surface area (Å²) in [5, 5.41) is 0. The molecule has 0 bridgehead atoms. The van der Waals surface area contributed by atoms with Crippen LogP contribution in [0.4, 0.5) is 5.69 Å². The van der Waals surface area contributed by atoms with Crippen LogP contribution in [-0.4, -0.2) is 13.1 Å². The molecule has 0 aromatic heterocycles. The summed E-state index contributed by atoms with van der Waals surface area (Å²) in [7, 11) is 1.36. The zero-order chi connectivity index (χ0) is 11.1. The van der Waals surface area contributed by atoms with Crippen molar-refractivity contribution in [2.24, 2.45) is 0 Å². The Balaban J connectivity index is 0.000000791. The van der Waals surface area contributed by atoms with E-state index in [0.29, 0.717) is 11.3 Å². The molecule has 14 heavy (non-hydrogen) atoms. The first-order chi connectivity index (χ1) is 6.65. The van der Waals surface area contributed by atoms with Gasteiger partial charge in [0, 0.05) is 5.69 Å². The molecule has 0 saturated carbocycles. The van der Waals surface area contributed by atoms with Crippen LogP contribution in [0.2, 0.25) is 0 Å². The van der Waals surface area contributed by atoms with E-state index in [4.69, 9.17) is 5.73 Å². The maximum Gasteiger partial charge on any atom is 0.338 e. The van der Waals surface area contributed by atoms with Gasteiger partial charge >= 0.3 is 5.97 Å². The van der Waals surface area contributed by atoms with E-state index in [1.165, 1.54) is 7.11 Å².